The lowest BCUT2D eigenvalue weighted by molar-refractivity contribution is 0.532. The van der Waals surface area contributed by atoms with Crippen LogP contribution in [0, 0.1) is 137 Å². The average molecular weight is 978 g/mol. The van der Waals surface area contributed by atoms with Crippen molar-refractivity contribution in [3.63, 3.8) is 0 Å². The molecule has 0 saturated carbocycles. The molecule has 0 atom stereocenters. The number of hydrogen-bond acceptors (Lipinski definition) is 1. The van der Waals surface area contributed by atoms with Crippen molar-refractivity contribution in [1.29, 1.82) is 5.26 Å². The van der Waals surface area contributed by atoms with E-state index in [1.807, 2.05) is 57.2 Å². The molecule has 0 radical (unpaired) electrons. The van der Waals surface area contributed by atoms with Gasteiger partial charge in [0.25, 0.3) is 0 Å². The van der Waals surface area contributed by atoms with Crippen molar-refractivity contribution in [3.8, 4) is 6.07 Å². The number of hydrogen-bond donors (Lipinski definition) is 0. The fraction of sp³-hybridized carbons (Fsp3) is 0.140. The molecule has 0 aliphatic rings. The van der Waals surface area contributed by atoms with Gasteiger partial charge in [-0.2, -0.15) is 5.26 Å². The summed E-state index contributed by atoms with van der Waals surface area (Å²) in [6.07, 6.45) is 0. The van der Waals surface area contributed by atoms with Crippen LogP contribution < -0.4 is 0 Å². The second-order valence-electron chi connectivity index (χ2n) is 15.0. The Kier molecular flexibility index (Phi) is 27.8. The first-order chi connectivity index (χ1) is 32.9. The van der Waals surface area contributed by atoms with E-state index in [1.165, 1.54) is 86.6 Å². The molecule has 8 aromatic rings. The number of aryl methyl sites for hydroxylation is 6. The van der Waals surface area contributed by atoms with Crippen LogP contribution in [0.1, 0.15) is 50.1 Å². The van der Waals surface area contributed by atoms with Gasteiger partial charge in [0.15, 0.2) is 0 Å². The average Bonchev–Trinajstić information content (AvgIpc) is 3.29. The summed E-state index contributed by atoms with van der Waals surface area (Å²) in [5.41, 5.74) is 5.56. The minimum absolute atomic E-state index is 0.0810. The molecule has 368 valence electrons. The predicted molar refractivity (Wildman–Crippen MR) is 254 cm³/mol. The van der Waals surface area contributed by atoms with Crippen molar-refractivity contribution in [3.05, 3.63) is 284 Å². The molecule has 0 unspecified atom stereocenters. The summed E-state index contributed by atoms with van der Waals surface area (Å²) in [4.78, 5) is 0. The highest BCUT2D eigenvalue weighted by Gasteiger charge is 2.05. The van der Waals surface area contributed by atoms with Gasteiger partial charge in [0, 0.05) is 35.4 Å². The molecule has 13 heteroatoms. The Morgan fingerprint density at radius 3 is 1.04 bits per heavy atom. The van der Waals surface area contributed by atoms with E-state index in [-0.39, 0.29) is 28.6 Å². The van der Waals surface area contributed by atoms with E-state index in [0.29, 0.717) is 28.8 Å². The Hall–Kier alpha value is -7.59. The number of benzene rings is 8. The Morgan fingerprint density at radius 1 is 0.271 bits per heavy atom. The van der Waals surface area contributed by atoms with Gasteiger partial charge in [-0.05, 0) is 150 Å². The van der Waals surface area contributed by atoms with Gasteiger partial charge >= 0.3 is 0 Å². The smallest absolute Gasteiger partial charge is 0.131 e. The lowest BCUT2D eigenvalue weighted by Crippen LogP contribution is -1.89. The number of rotatable bonds is 0. The third-order valence-electron chi connectivity index (χ3n) is 8.92. The summed E-state index contributed by atoms with van der Waals surface area (Å²) in [5.74, 6) is -6.10. The zero-order chi connectivity index (χ0) is 52.9. The maximum Gasteiger partial charge on any atom is 0.131 e. The molecule has 0 spiro atoms. The second-order valence-corrected chi connectivity index (χ2v) is 15.0. The van der Waals surface area contributed by atoms with Crippen LogP contribution in [0.15, 0.2) is 164 Å². The van der Waals surface area contributed by atoms with E-state index in [2.05, 4.69) is 6.07 Å². The van der Waals surface area contributed by atoms with Gasteiger partial charge in [-0.1, -0.05) is 78.4 Å². The van der Waals surface area contributed by atoms with Crippen molar-refractivity contribution in [1.82, 2.24) is 0 Å². The van der Waals surface area contributed by atoms with Crippen LogP contribution in [0.3, 0.4) is 0 Å². The summed E-state index contributed by atoms with van der Waals surface area (Å²) in [6.45, 7) is 13.4. The minimum Gasteiger partial charge on any atom is -0.207 e. The summed E-state index contributed by atoms with van der Waals surface area (Å²) in [7, 11) is 0. The summed E-state index contributed by atoms with van der Waals surface area (Å²) in [6, 6.07) is 41.3. The zero-order valence-electron chi connectivity index (χ0n) is 39.6. The van der Waals surface area contributed by atoms with Crippen molar-refractivity contribution in [2.24, 2.45) is 0 Å². The van der Waals surface area contributed by atoms with Gasteiger partial charge in [0.2, 0.25) is 0 Å². The fourth-order valence-corrected chi connectivity index (χ4v) is 4.84. The molecular weight excluding hydrogens is 927 g/mol. The molecule has 0 aliphatic carbocycles. The van der Waals surface area contributed by atoms with Crippen LogP contribution in [-0.4, -0.2) is 0 Å². The Labute approximate surface area is 402 Å². The summed E-state index contributed by atoms with van der Waals surface area (Å²) < 4.78 is 147. The fourth-order valence-electron chi connectivity index (χ4n) is 4.84. The molecule has 0 saturated heterocycles. The molecule has 0 N–H and O–H groups in total. The molecule has 70 heavy (non-hydrogen) atoms. The van der Waals surface area contributed by atoms with Crippen LogP contribution >= 0.6 is 0 Å². The van der Waals surface area contributed by atoms with Gasteiger partial charge in [-0.3, -0.25) is 0 Å². The topological polar surface area (TPSA) is 23.8 Å². The largest absolute Gasteiger partial charge is 0.207 e. The van der Waals surface area contributed by atoms with Crippen molar-refractivity contribution < 1.29 is 52.7 Å². The Balaban J connectivity index is 0.000000400. The van der Waals surface area contributed by atoms with Gasteiger partial charge in [0.05, 0.1) is 11.6 Å². The summed E-state index contributed by atoms with van der Waals surface area (Å²) >= 11 is 0. The molecule has 0 aliphatic heterocycles. The van der Waals surface area contributed by atoms with E-state index in [0.717, 1.165) is 34.4 Å². The molecule has 0 fully saturated rings. The Morgan fingerprint density at radius 2 is 0.671 bits per heavy atom. The standard InChI is InChI=1S/C8H7N.C7H5F3.3C7H6F2.3C7H7F/c1-7-4-2-3-5-8(7)6-9;1-4-6(9)2-5(8)3-7(4)10;1-5-2-6(8)4-7(9)3-5;1-5-2-3-6(8)4-7(5)9;1-5-6(8)3-2-4-7(5)9;1-6-2-4-7(8)5-3-6;1-6-3-2-4-7(8)5-6;1-6-4-2-3-5-7(6)8/h2-5H,1H3;2-3H,1H3;3*2-4H,1H3;3*2-5H,1H3. The first-order valence-electron chi connectivity index (χ1n) is 20.9. The van der Waals surface area contributed by atoms with Gasteiger partial charge in [-0.25, -0.2) is 52.7 Å². The van der Waals surface area contributed by atoms with Crippen molar-refractivity contribution in [2.45, 2.75) is 55.4 Å². The van der Waals surface area contributed by atoms with Crippen LogP contribution in [-0.2, 0) is 0 Å². The first kappa shape index (κ1) is 60.4. The third kappa shape index (κ3) is 25.5. The predicted octanol–water partition coefficient (Wildman–Crippen LogP) is 17.5. The molecule has 8 aromatic carbocycles. The highest BCUT2D eigenvalue weighted by Crippen LogP contribution is 2.13. The van der Waals surface area contributed by atoms with Crippen molar-refractivity contribution >= 4 is 0 Å². The molecule has 0 amide bonds. The molecule has 8 rings (SSSR count). The second kappa shape index (κ2) is 32.2. The Bertz CT molecular complexity index is 2700. The van der Waals surface area contributed by atoms with E-state index in [1.54, 1.807) is 51.1 Å². The first-order valence-corrected chi connectivity index (χ1v) is 20.9. The van der Waals surface area contributed by atoms with Crippen LogP contribution in [0.2, 0.25) is 0 Å². The molecule has 0 bridgehead atoms. The van der Waals surface area contributed by atoms with Gasteiger partial charge < -0.3 is 0 Å². The maximum absolute atomic E-state index is 12.4. The zero-order valence-corrected chi connectivity index (χ0v) is 39.6. The maximum atomic E-state index is 12.4. The number of nitrogens with zero attached hydrogens (tertiary/aromatic N) is 1. The molecular formula is C57H51F12N. The lowest BCUT2D eigenvalue weighted by Gasteiger charge is -1.96. The van der Waals surface area contributed by atoms with E-state index >= 15 is 0 Å². The minimum atomic E-state index is -0.888. The SMILES string of the molecule is Cc1c(F)cc(F)cc1F.Cc1c(F)cccc1F.Cc1cc(F)cc(F)c1.Cc1ccc(F)cc1.Cc1ccc(F)cc1F.Cc1cccc(F)c1.Cc1ccccc1C#N.Cc1ccccc1F. The van der Waals surface area contributed by atoms with Crippen LogP contribution in [0.4, 0.5) is 52.7 Å². The van der Waals surface area contributed by atoms with Gasteiger partial charge in [0.1, 0.15) is 69.8 Å². The van der Waals surface area contributed by atoms with E-state index in [4.69, 9.17) is 5.26 Å². The number of nitriles is 1. The quantitative estimate of drug-likeness (QED) is 0.139. The van der Waals surface area contributed by atoms with Crippen molar-refractivity contribution in [2.75, 3.05) is 0 Å². The van der Waals surface area contributed by atoms with Gasteiger partial charge in [-0.15, -0.1) is 0 Å². The molecule has 1 nitrogen and oxygen atoms in total. The highest BCUT2D eigenvalue weighted by atomic mass is 19.2. The van der Waals surface area contributed by atoms with E-state index in [9.17, 15) is 52.7 Å². The monoisotopic (exact) mass is 977 g/mol. The van der Waals surface area contributed by atoms with Crippen LogP contribution in [0.5, 0.6) is 0 Å². The lowest BCUT2D eigenvalue weighted by atomic mass is 10.1. The number of halogens is 12. The normalized spacial score (nSPS) is 9.41. The molecule has 0 heterocycles. The third-order valence-corrected chi connectivity index (χ3v) is 8.92. The van der Waals surface area contributed by atoms with Crippen LogP contribution in [0.25, 0.3) is 0 Å². The summed E-state index contributed by atoms with van der Waals surface area (Å²) in [5, 5.41) is 8.47. The highest BCUT2D eigenvalue weighted by molar-refractivity contribution is 5.36. The molecule has 0 aromatic heterocycles. The van der Waals surface area contributed by atoms with E-state index < -0.39 is 52.4 Å².